The minimum atomic E-state index is -0.338. The minimum absolute atomic E-state index is 0.338. The molecule has 0 saturated heterocycles. The Morgan fingerprint density at radius 3 is 2.05 bits per heavy atom. The zero-order valence-electron chi connectivity index (χ0n) is 12.6. The number of hydrogen-bond donors (Lipinski definition) is 1. The Balaban J connectivity index is 2.61. The number of methoxy groups -OCH3 is 2. The van der Waals surface area contributed by atoms with E-state index in [1.165, 1.54) is 0 Å². The number of benzene rings is 1. The maximum atomic E-state index is 6.47. The molecule has 5 nitrogen and oxygen atoms in total. The third-order valence-corrected chi connectivity index (χ3v) is 3.65. The van der Waals surface area contributed by atoms with Gasteiger partial charge in [0.25, 0.3) is 0 Å². The van der Waals surface area contributed by atoms with Crippen LogP contribution in [0.5, 0.6) is 11.5 Å². The number of hydrogen-bond acceptors (Lipinski definition) is 4. The van der Waals surface area contributed by atoms with Crippen LogP contribution >= 0.6 is 0 Å². The fourth-order valence-corrected chi connectivity index (χ4v) is 2.57. The van der Waals surface area contributed by atoms with Crippen molar-refractivity contribution in [1.82, 2.24) is 9.78 Å². The molecule has 0 fully saturated rings. The highest BCUT2D eigenvalue weighted by Gasteiger charge is 2.24. The molecule has 1 aromatic heterocycles. The quantitative estimate of drug-likeness (QED) is 0.928. The van der Waals surface area contributed by atoms with Gasteiger partial charge in [0.1, 0.15) is 11.5 Å². The van der Waals surface area contributed by atoms with E-state index < -0.39 is 0 Å². The van der Waals surface area contributed by atoms with Crippen molar-refractivity contribution in [2.24, 2.45) is 12.8 Å². The summed E-state index contributed by atoms with van der Waals surface area (Å²) < 4.78 is 12.7. The van der Waals surface area contributed by atoms with Gasteiger partial charge in [-0.25, -0.2) is 0 Å². The Kier molecular flexibility index (Phi) is 3.99. The third-order valence-electron chi connectivity index (χ3n) is 3.65. The monoisotopic (exact) mass is 275 g/mol. The molecular formula is C15H21N3O2. The number of nitrogens with zero attached hydrogens (tertiary/aromatic N) is 2. The van der Waals surface area contributed by atoms with Crippen molar-refractivity contribution >= 4 is 0 Å². The molecule has 0 spiro atoms. The fraction of sp³-hybridized carbons (Fsp3) is 0.400. The molecule has 1 unspecified atom stereocenters. The summed E-state index contributed by atoms with van der Waals surface area (Å²) in [5, 5.41) is 4.42. The highest BCUT2D eigenvalue weighted by atomic mass is 16.5. The summed E-state index contributed by atoms with van der Waals surface area (Å²) in [6.45, 7) is 3.97. The van der Waals surface area contributed by atoms with Gasteiger partial charge in [-0.3, -0.25) is 4.68 Å². The first-order valence-electron chi connectivity index (χ1n) is 6.47. The maximum absolute atomic E-state index is 6.47. The van der Waals surface area contributed by atoms with Crippen LogP contribution in [0.4, 0.5) is 0 Å². The van der Waals surface area contributed by atoms with Crippen LogP contribution in [0, 0.1) is 13.8 Å². The van der Waals surface area contributed by atoms with E-state index in [9.17, 15) is 0 Å². The van der Waals surface area contributed by atoms with Crippen molar-refractivity contribution in [3.8, 4) is 11.5 Å². The van der Waals surface area contributed by atoms with E-state index in [2.05, 4.69) is 5.10 Å². The number of aromatic nitrogens is 2. The zero-order chi connectivity index (χ0) is 14.9. The molecule has 0 saturated carbocycles. The smallest absolute Gasteiger partial charge is 0.127 e. The van der Waals surface area contributed by atoms with Crippen molar-refractivity contribution in [2.45, 2.75) is 19.9 Å². The van der Waals surface area contributed by atoms with E-state index in [-0.39, 0.29) is 6.04 Å². The van der Waals surface area contributed by atoms with E-state index in [1.807, 2.05) is 43.8 Å². The summed E-state index contributed by atoms with van der Waals surface area (Å²) in [5.41, 5.74) is 10.3. The van der Waals surface area contributed by atoms with Gasteiger partial charge in [0.2, 0.25) is 0 Å². The lowest BCUT2D eigenvalue weighted by molar-refractivity contribution is 0.382. The van der Waals surface area contributed by atoms with Crippen LogP contribution in [-0.4, -0.2) is 24.0 Å². The number of aryl methyl sites for hydroxylation is 2. The molecule has 0 aliphatic heterocycles. The van der Waals surface area contributed by atoms with Crippen molar-refractivity contribution in [3.05, 3.63) is 40.7 Å². The molecule has 1 atom stereocenters. The van der Waals surface area contributed by atoms with Crippen LogP contribution < -0.4 is 15.2 Å². The molecular weight excluding hydrogens is 254 g/mol. The second-order valence-corrected chi connectivity index (χ2v) is 4.76. The molecule has 1 heterocycles. The molecule has 0 aliphatic carbocycles. The predicted molar refractivity (Wildman–Crippen MR) is 78.3 cm³/mol. The number of rotatable bonds is 4. The van der Waals surface area contributed by atoms with Gasteiger partial charge < -0.3 is 15.2 Å². The average molecular weight is 275 g/mol. The number of ether oxygens (including phenoxy) is 2. The van der Waals surface area contributed by atoms with Gasteiger partial charge in [-0.1, -0.05) is 6.07 Å². The van der Waals surface area contributed by atoms with E-state index >= 15 is 0 Å². The summed E-state index contributed by atoms with van der Waals surface area (Å²) in [4.78, 5) is 0. The van der Waals surface area contributed by atoms with Gasteiger partial charge in [-0.15, -0.1) is 0 Å². The first-order valence-corrected chi connectivity index (χ1v) is 6.47. The lowest BCUT2D eigenvalue weighted by atomic mass is 9.96. The second-order valence-electron chi connectivity index (χ2n) is 4.76. The lowest BCUT2D eigenvalue weighted by Crippen LogP contribution is -2.16. The molecule has 108 valence electrons. The summed E-state index contributed by atoms with van der Waals surface area (Å²) >= 11 is 0. The molecule has 5 heteroatoms. The molecule has 20 heavy (non-hydrogen) atoms. The minimum Gasteiger partial charge on any atom is -0.496 e. The largest absolute Gasteiger partial charge is 0.496 e. The first-order chi connectivity index (χ1) is 9.51. The summed E-state index contributed by atoms with van der Waals surface area (Å²) in [6.07, 6.45) is 0. The second kappa shape index (κ2) is 5.54. The van der Waals surface area contributed by atoms with Gasteiger partial charge in [0.15, 0.2) is 0 Å². The van der Waals surface area contributed by atoms with Crippen LogP contribution in [-0.2, 0) is 7.05 Å². The van der Waals surface area contributed by atoms with Gasteiger partial charge in [0, 0.05) is 18.3 Å². The molecule has 0 radical (unpaired) electrons. The molecule has 2 N–H and O–H groups in total. The van der Waals surface area contributed by atoms with Crippen molar-refractivity contribution in [3.63, 3.8) is 0 Å². The molecule has 0 amide bonds. The van der Waals surface area contributed by atoms with E-state index in [4.69, 9.17) is 15.2 Å². The molecule has 0 bridgehead atoms. The lowest BCUT2D eigenvalue weighted by Gasteiger charge is -2.19. The third kappa shape index (κ3) is 2.25. The van der Waals surface area contributed by atoms with Crippen molar-refractivity contribution in [2.75, 3.05) is 14.2 Å². The van der Waals surface area contributed by atoms with E-state index in [0.717, 1.165) is 34.0 Å². The molecule has 2 rings (SSSR count). The van der Waals surface area contributed by atoms with Crippen molar-refractivity contribution < 1.29 is 9.47 Å². The van der Waals surface area contributed by atoms with Crippen LogP contribution in [0.1, 0.15) is 28.6 Å². The van der Waals surface area contributed by atoms with Crippen molar-refractivity contribution in [1.29, 1.82) is 0 Å². The first kappa shape index (κ1) is 14.4. The van der Waals surface area contributed by atoms with E-state index in [0.29, 0.717) is 0 Å². The summed E-state index contributed by atoms with van der Waals surface area (Å²) in [5.74, 6) is 1.44. The Bertz CT molecular complexity index is 598. The Labute approximate surface area is 119 Å². The molecule has 1 aromatic carbocycles. The summed E-state index contributed by atoms with van der Waals surface area (Å²) in [7, 11) is 5.18. The van der Waals surface area contributed by atoms with Gasteiger partial charge in [-0.05, 0) is 26.0 Å². The zero-order valence-corrected chi connectivity index (χ0v) is 12.6. The highest BCUT2D eigenvalue weighted by molar-refractivity contribution is 5.51. The van der Waals surface area contributed by atoms with E-state index in [1.54, 1.807) is 14.2 Å². The summed E-state index contributed by atoms with van der Waals surface area (Å²) in [6, 6.07) is 5.32. The Hall–Kier alpha value is -2.01. The maximum Gasteiger partial charge on any atom is 0.127 e. The van der Waals surface area contributed by atoms with Crippen LogP contribution in [0.15, 0.2) is 18.2 Å². The standard InChI is InChI=1S/C15H21N3O2/c1-9-13(10(2)18(3)17-9)15(16)14-11(19-4)7-6-8-12(14)20-5/h6-8,15H,16H2,1-5H3. The topological polar surface area (TPSA) is 62.3 Å². The fourth-order valence-electron chi connectivity index (χ4n) is 2.57. The molecule has 2 aromatic rings. The van der Waals surface area contributed by atoms with Gasteiger partial charge in [0.05, 0.1) is 31.5 Å². The molecule has 0 aliphatic rings. The predicted octanol–water partition coefficient (Wildman–Crippen LogP) is 2.10. The number of nitrogens with two attached hydrogens (primary N) is 1. The average Bonchev–Trinajstić information content (AvgIpc) is 2.70. The SMILES string of the molecule is COc1cccc(OC)c1C(N)c1c(C)nn(C)c1C. The van der Waals surface area contributed by atoms with Crippen LogP contribution in [0.25, 0.3) is 0 Å². The Morgan fingerprint density at radius 1 is 1.10 bits per heavy atom. The van der Waals surface area contributed by atoms with Crippen LogP contribution in [0.2, 0.25) is 0 Å². The Morgan fingerprint density at radius 2 is 1.65 bits per heavy atom. The normalized spacial score (nSPS) is 12.3. The van der Waals surface area contributed by atoms with Gasteiger partial charge >= 0.3 is 0 Å². The van der Waals surface area contributed by atoms with Gasteiger partial charge in [-0.2, -0.15) is 5.10 Å². The van der Waals surface area contributed by atoms with Crippen LogP contribution in [0.3, 0.4) is 0 Å². The highest BCUT2D eigenvalue weighted by Crippen LogP contribution is 2.37.